The molecule has 1 amide bonds. The molecule has 0 spiro atoms. The van der Waals surface area contributed by atoms with Crippen LogP contribution in [-0.2, 0) is 11.3 Å². The second-order valence-electron chi connectivity index (χ2n) is 4.75. The number of hydrogen-bond donors (Lipinski definition) is 2. The highest BCUT2D eigenvalue weighted by Gasteiger charge is 2.07. The minimum absolute atomic E-state index is 0.0837. The Balaban J connectivity index is 1.81. The van der Waals surface area contributed by atoms with Crippen LogP contribution in [0.5, 0.6) is 5.75 Å². The van der Waals surface area contributed by atoms with Gasteiger partial charge in [0.25, 0.3) is 5.91 Å². The van der Waals surface area contributed by atoms with Crippen molar-refractivity contribution in [3.63, 3.8) is 0 Å². The van der Waals surface area contributed by atoms with Gasteiger partial charge in [-0.1, -0.05) is 12.1 Å². The molecule has 2 aromatic rings. The summed E-state index contributed by atoms with van der Waals surface area (Å²) in [6, 6.07) is 16.6. The Hall–Kier alpha value is -2.84. The Bertz CT molecular complexity index is 675. The van der Waals surface area contributed by atoms with Gasteiger partial charge in [-0.2, -0.15) is 5.26 Å². The van der Waals surface area contributed by atoms with Crippen LogP contribution < -0.4 is 15.4 Å². The van der Waals surface area contributed by atoms with Crippen molar-refractivity contribution in [3.05, 3.63) is 59.7 Å². The van der Waals surface area contributed by atoms with Crippen LogP contribution in [0.15, 0.2) is 48.5 Å². The summed E-state index contributed by atoms with van der Waals surface area (Å²) in [7, 11) is 1.64. The molecule has 22 heavy (non-hydrogen) atoms. The fraction of sp³-hybridized carbons (Fsp3) is 0.176. The first-order valence-corrected chi connectivity index (χ1v) is 6.96. The maximum absolute atomic E-state index is 11.9. The third-order valence-electron chi connectivity index (χ3n) is 3.18. The number of anilines is 1. The van der Waals surface area contributed by atoms with Gasteiger partial charge in [0, 0.05) is 11.3 Å². The molecule has 112 valence electrons. The lowest BCUT2D eigenvalue weighted by Gasteiger charge is -2.07. The highest BCUT2D eigenvalue weighted by Crippen LogP contribution is 2.15. The molecule has 2 rings (SSSR count). The molecule has 0 radical (unpaired) electrons. The van der Waals surface area contributed by atoms with Crippen LogP contribution in [0, 0.1) is 11.3 Å². The number of para-hydroxylation sites is 1. The molecule has 0 fully saturated rings. The summed E-state index contributed by atoms with van der Waals surface area (Å²) >= 11 is 0. The largest absolute Gasteiger partial charge is 0.496 e. The van der Waals surface area contributed by atoms with Crippen molar-refractivity contribution in [3.8, 4) is 11.8 Å². The molecule has 5 heteroatoms. The summed E-state index contributed by atoms with van der Waals surface area (Å²) in [5.74, 6) is 0.742. The molecule has 5 nitrogen and oxygen atoms in total. The lowest BCUT2D eigenvalue weighted by molar-refractivity contribution is -0.659. The molecule has 0 saturated heterocycles. The number of methoxy groups -OCH3 is 1. The number of quaternary nitrogens is 1. The molecule has 0 aliphatic carbocycles. The standard InChI is InChI=1S/C17H17N3O2/c1-22-16-5-3-2-4-14(16)11-19-12-17(21)20-15-8-6-13(10-18)7-9-15/h2-9,19H,11-12H2,1H3,(H,20,21)/p+1. The third kappa shape index (κ3) is 4.33. The number of nitrogens with one attached hydrogen (secondary N) is 1. The van der Waals surface area contributed by atoms with E-state index in [-0.39, 0.29) is 5.91 Å². The van der Waals surface area contributed by atoms with Crippen LogP contribution in [0.2, 0.25) is 0 Å². The maximum Gasteiger partial charge on any atom is 0.279 e. The number of benzene rings is 2. The number of rotatable bonds is 6. The minimum Gasteiger partial charge on any atom is -0.496 e. The van der Waals surface area contributed by atoms with Gasteiger partial charge in [0.05, 0.1) is 18.7 Å². The van der Waals surface area contributed by atoms with Gasteiger partial charge in [0.1, 0.15) is 12.3 Å². The van der Waals surface area contributed by atoms with Crippen molar-refractivity contribution >= 4 is 11.6 Å². The zero-order valence-corrected chi connectivity index (χ0v) is 12.4. The lowest BCUT2D eigenvalue weighted by atomic mass is 10.2. The third-order valence-corrected chi connectivity index (χ3v) is 3.18. The molecule has 0 heterocycles. The van der Waals surface area contributed by atoms with Crippen LogP contribution in [0.3, 0.4) is 0 Å². The van der Waals surface area contributed by atoms with Crippen LogP contribution in [0.25, 0.3) is 0 Å². The van der Waals surface area contributed by atoms with Gasteiger partial charge in [-0.15, -0.1) is 0 Å². The molecule has 3 N–H and O–H groups in total. The number of amides is 1. The van der Waals surface area contributed by atoms with Gasteiger partial charge in [0.15, 0.2) is 6.54 Å². The second kappa shape index (κ2) is 7.81. The molecule has 0 unspecified atom stereocenters. The van der Waals surface area contributed by atoms with E-state index in [1.165, 1.54) is 0 Å². The summed E-state index contributed by atoms with van der Waals surface area (Å²) in [4.78, 5) is 11.9. The van der Waals surface area contributed by atoms with Crippen molar-refractivity contribution in [1.29, 1.82) is 5.26 Å². The first kappa shape index (κ1) is 15.5. The first-order valence-electron chi connectivity index (χ1n) is 6.96. The second-order valence-corrected chi connectivity index (χ2v) is 4.75. The number of ether oxygens (including phenoxy) is 1. The Morgan fingerprint density at radius 3 is 2.64 bits per heavy atom. The van der Waals surface area contributed by atoms with Crippen LogP contribution in [0.4, 0.5) is 5.69 Å². The molecule has 0 bridgehead atoms. The summed E-state index contributed by atoms with van der Waals surface area (Å²) in [6.07, 6.45) is 0. The molecule has 0 aliphatic heterocycles. The molecular formula is C17H18N3O2+. The van der Waals surface area contributed by atoms with E-state index in [9.17, 15) is 4.79 Å². The maximum atomic E-state index is 11.9. The SMILES string of the molecule is COc1ccccc1C[NH2+]CC(=O)Nc1ccc(C#N)cc1. The Kier molecular flexibility index (Phi) is 5.52. The fourth-order valence-corrected chi connectivity index (χ4v) is 2.07. The molecular weight excluding hydrogens is 278 g/mol. The lowest BCUT2D eigenvalue weighted by Crippen LogP contribution is -2.84. The van der Waals surface area contributed by atoms with Crippen molar-refractivity contribution in [2.24, 2.45) is 0 Å². The van der Waals surface area contributed by atoms with E-state index < -0.39 is 0 Å². The number of nitrogens with zero attached hydrogens (tertiary/aromatic N) is 1. The van der Waals surface area contributed by atoms with Crippen molar-refractivity contribution in [2.75, 3.05) is 19.0 Å². The highest BCUT2D eigenvalue weighted by atomic mass is 16.5. The van der Waals surface area contributed by atoms with Crippen molar-refractivity contribution in [1.82, 2.24) is 0 Å². The zero-order valence-electron chi connectivity index (χ0n) is 12.4. The molecule has 0 aromatic heterocycles. The van der Waals surface area contributed by atoms with Gasteiger partial charge in [0.2, 0.25) is 0 Å². The zero-order chi connectivity index (χ0) is 15.8. The predicted molar refractivity (Wildman–Crippen MR) is 83.3 cm³/mol. The van der Waals surface area contributed by atoms with E-state index in [0.29, 0.717) is 24.3 Å². The van der Waals surface area contributed by atoms with E-state index in [2.05, 4.69) is 5.32 Å². The summed E-state index contributed by atoms with van der Waals surface area (Å²) < 4.78 is 5.27. The average Bonchev–Trinajstić information content (AvgIpc) is 2.56. The fourth-order valence-electron chi connectivity index (χ4n) is 2.07. The smallest absolute Gasteiger partial charge is 0.279 e. The van der Waals surface area contributed by atoms with Crippen molar-refractivity contribution in [2.45, 2.75) is 6.54 Å². The average molecular weight is 296 g/mol. The van der Waals surface area contributed by atoms with Gasteiger partial charge in [-0.05, 0) is 36.4 Å². The topological polar surface area (TPSA) is 78.7 Å². The van der Waals surface area contributed by atoms with E-state index in [1.54, 1.807) is 31.4 Å². The quantitative estimate of drug-likeness (QED) is 0.842. The molecule has 2 aromatic carbocycles. The Morgan fingerprint density at radius 1 is 1.23 bits per heavy atom. The highest BCUT2D eigenvalue weighted by molar-refractivity contribution is 5.91. The van der Waals surface area contributed by atoms with Crippen LogP contribution in [0.1, 0.15) is 11.1 Å². The Labute approximate surface area is 129 Å². The molecule has 0 saturated carbocycles. The van der Waals surface area contributed by atoms with E-state index in [4.69, 9.17) is 10.00 Å². The summed E-state index contributed by atoms with van der Waals surface area (Å²) in [5.41, 5.74) is 2.31. The summed E-state index contributed by atoms with van der Waals surface area (Å²) in [6.45, 7) is 0.989. The van der Waals surface area contributed by atoms with Gasteiger partial charge >= 0.3 is 0 Å². The minimum atomic E-state index is -0.0837. The molecule has 0 atom stereocenters. The van der Waals surface area contributed by atoms with Gasteiger partial charge < -0.3 is 15.4 Å². The van der Waals surface area contributed by atoms with Crippen LogP contribution in [-0.4, -0.2) is 19.6 Å². The molecule has 0 aliphatic rings. The van der Waals surface area contributed by atoms with Crippen molar-refractivity contribution < 1.29 is 14.8 Å². The number of nitriles is 1. The Morgan fingerprint density at radius 2 is 1.95 bits per heavy atom. The van der Waals surface area contributed by atoms with E-state index >= 15 is 0 Å². The number of nitrogens with two attached hydrogens (primary N) is 1. The normalized spacial score (nSPS) is 9.82. The van der Waals surface area contributed by atoms with E-state index in [0.717, 1.165) is 11.3 Å². The van der Waals surface area contributed by atoms with Crippen LogP contribution >= 0.6 is 0 Å². The number of carbonyl (C=O) groups is 1. The summed E-state index contributed by atoms with van der Waals surface area (Å²) in [5, 5.41) is 13.4. The first-order chi connectivity index (χ1) is 10.7. The van der Waals surface area contributed by atoms with Gasteiger partial charge in [-0.3, -0.25) is 4.79 Å². The number of carbonyl (C=O) groups excluding carboxylic acids is 1. The van der Waals surface area contributed by atoms with E-state index in [1.807, 2.05) is 35.7 Å². The predicted octanol–water partition coefficient (Wildman–Crippen LogP) is 1.27. The van der Waals surface area contributed by atoms with Gasteiger partial charge in [-0.25, -0.2) is 0 Å². The number of hydrogen-bond acceptors (Lipinski definition) is 3. The monoisotopic (exact) mass is 296 g/mol.